The van der Waals surface area contributed by atoms with Gasteiger partial charge in [-0.25, -0.2) is 9.37 Å². The Bertz CT molecular complexity index is 711. The third kappa shape index (κ3) is 2.96. The van der Waals surface area contributed by atoms with Gasteiger partial charge in [0.1, 0.15) is 5.82 Å². The average molecular weight is 308 g/mol. The van der Waals surface area contributed by atoms with E-state index in [4.69, 9.17) is 4.74 Å². The van der Waals surface area contributed by atoms with Gasteiger partial charge < -0.3 is 4.74 Å². The average Bonchev–Trinajstić information content (AvgIpc) is 2.99. The number of rotatable bonds is 4. The van der Waals surface area contributed by atoms with E-state index in [1.807, 2.05) is 6.92 Å². The lowest BCUT2D eigenvalue weighted by Gasteiger charge is -2.12. The maximum absolute atomic E-state index is 13.3. The largest absolute Gasteiger partial charge is 0.381 e. The first-order valence-electron chi connectivity index (χ1n) is 7.09. The van der Waals surface area contributed by atoms with Crippen LogP contribution in [0.25, 0.3) is 10.9 Å². The van der Waals surface area contributed by atoms with Crippen molar-refractivity contribution >= 4 is 22.7 Å². The Morgan fingerprint density at radius 3 is 3.10 bits per heavy atom. The Hall–Kier alpha value is -1.40. The van der Waals surface area contributed by atoms with E-state index in [1.54, 1.807) is 22.4 Å². The molecule has 2 aromatic rings. The van der Waals surface area contributed by atoms with Gasteiger partial charge in [-0.15, -0.1) is 0 Å². The zero-order chi connectivity index (χ0) is 14.8. The van der Waals surface area contributed by atoms with Crippen molar-refractivity contribution in [2.24, 2.45) is 5.92 Å². The van der Waals surface area contributed by atoms with E-state index in [0.717, 1.165) is 25.4 Å². The molecule has 1 aromatic carbocycles. The highest BCUT2D eigenvalue weighted by molar-refractivity contribution is 7.99. The van der Waals surface area contributed by atoms with E-state index in [-0.39, 0.29) is 5.56 Å². The van der Waals surface area contributed by atoms with Crippen LogP contribution < -0.4 is 5.56 Å². The van der Waals surface area contributed by atoms with Crippen LogP contribution in [0.5, 0.6) is 0 Å². The van der Waals surface area contributed by atoms with Gasteiger partial charge in [0.05, 0.1) is 17.5 Å². The predicted octanol–water partition coefficient (Wildman–Crippen LogP) is 2.68. The molecule has 1 aliphatic heterocycles. The number of hydrogen-bond acceptors (Lipinski definition) is 4. The van der Waals surface area contributed by atoms with E-state index < -0.39 is 5.82 Å². The smallest absolute Gasteiger partial charge is 0.262 e. The van der Waals surface area contributed by atoms with Crippen molar-refractivity contribution in [3.05, 3.63) is 34.4 Å². The molecule has 0 saturated carbocycles. The number of halogens is 1. The number of ether oxygens (including phenoxy) is 1. The number of hydrogen-bond donors (Lipinski definition) is 0. The van der Waals surface area contributed by atoms with Gasteiger partial charge in [0.2, 0.25) is 0 Å². The summed E-state index contributed by atoms with van der Waals surface area (Å²) >= 11 is 1.58. The van der Waals surface area contributed by atoms with Crippen molar-refractivity contribution < 1.29 is 9.13 Å². The fourth-order valence-electron chi connectivity index (χ4n) is 2.47. The number of aromatic nitrogens is 2. The Labute approximate surface area is 126 Å². The summed E-state index contributed by atoms with van der Waals surface area (Å²) < 4.78 is 20.3. The van der Waals surface area contributed by atoms with E-state index in [9.17, 15) is 9.18 Å². The summed E-state index contributed by atoms with van der Waals surface area (Å²) in [6.45, 7) is 4.02. The number of benzene rings is 1. The minimum Gasteiger partial charge on any atom is -0.381 e. The van der Waals surface area contributed by atoms with E-state index in [1.165, 1.54) is 12.1 Å². The molecular formula is C15H17FN2O2S. The van der Waals surface area contributed by atoms with Crippen LogP contribution in [0.4, 0.5) is 4.39 Å². The molecule has 0 spiro atoms. The fraction of sp³-hybridized carbons (Fsp3) is 0.467. The molecule has 1 saturated heterocycles. The summed E-state index contributed by atoms with van der Waals surface area (Å²) in [5.74, 6) is 0.993. The number of fused-ring (bicyclic) bond motifs is 1. The molecule has 0 unspecified atom stereocenters. The van der Waals surface area contributed by atoms with Crippen molar-refractivity contribution in [2.45, 2.75) is 25.0 Å². The Morgan fingerprint density at radius 1 is 1.52 bits per heavy atom. The maximum atomic E-state index is 13.3. The Balaban J connectivity index is 1.96. The molecule has 1 aromatic heterocycles. The normalized spacial score (nSPS) is 18.5. The quantitative estimate of drug-likeness (QED) is 0.643. The van der Waals surface area contributed by atoms with Gasteiger partial charge in [-0.1, -0.05) is 11.8 Å². The van der Waals surface area contributed by atoms with Crippen LogP contribution in [0.15, 0.2) is 28.2 Å². The molecule has 4 nitrogen and oxygen atoms in total. The minimum atomic E-state index is -0.410. The van der Waals surface area contributed by atoms with Crippen molar-refractivity contribution in [1.82, 2.24) is 9.55 Å². The molecule has 0 bridgehead atoms. The summed E-state index contributed by atoms with van der Waals surface area (Å²) in [6, 6.07) is 4.16. The molecule has 3 rings (SSSR count). The first-order valence-corrected chi connectivity index (χ1v) is 8.08. The molecule has 1 aliphatic rings. The van der Waals surface area contributed by atoms with Gasteiger partial charge in [0.15, 0.2) is 5.16 Å². The topological polar surface area (TPSA) is 44.1 Å². The van der Waals surface area contributed by atoms with Crippen LogP contribution in [0, 0.1) is 11.7 Å². The lowest BCUT2D eigenvalue weighted by atomic mass is 10.2. The lowest BCUT2D eigenvalue weighted by Crippen LogP contribution is -2.23. The fourth-order valence-corrected chi connectivity index (χ4v) is 3.65. The second-order valence-corrected chi connectivity index (χ2v) is 6.13. The van der Waals surface area contributed by atoms with Crippen LogP contribution in [-0.2, 0) is 11.3 Å². The highest BCUT2D eigenvalue weighted by Crippen LogP contribution is 2.24. The van der Waals surface area contributed by atoms with Crippen molar-refractivity contribution in [1.29, 1.82) is 0 Å². The summed E-state index contributed by atoms with van der Waals surface area (Å²) in [5, 5.41) is 1.04. The molecule has 1 atom stereocenters. The van der Waals surface area contributed by atoms with Crippen molar-refractivity contribution in [3.63, 3.8) is 0 Å². The molecule has 6 heteroatoms. The van der Waals surface area contributed by atoms with Crippen LogP contribution in [-0.4, -0.2) is 28.5 Å². The summed E-state index contributed by atoms with van der Waals surface area (Å²) in [4.78, 5) is 17.0. The Morgan fingerprint density at radius 2 is 2.38 bits per heavy atom. The number of thioether (sulfide) groups is 1. The predicted molar refractivity (Wildman–Crippen MR) is 81.3 cm³/mol. The molecular weight excluding hydrogens is 291 g/mol. The van der Waals surface area contributed by atoms with E-state index in [2.05, 4.69) is 4.98 Å². The summed E-state index contributed by atoms with van der Waals surface area (Å²) in [5.41, 5.74) is 0.378. The highest BCUT2D eigenvalue weighted by atomic mass is 32.2. The zero-order valence-corrected chi connectivity index (χ0v) is 12.7. The lowest BCUT2D eigenvalue weighted by molar-refractivity contribution is 0.189. The van der Waals surface area contributed by atoms with E-state index in [0.29, 0.717) is 28.5 Å². The van der Waals surface area contributed by atoms with Gasteiger partial charge in [-0.2, -0.15) is 0 Å². The zero-order valence-electron chi connectivity index (χ0n) is 11.8. The second-order valence-electron chi connectivity index (χ2n) is 5.15. The first kappa shape index (κ1) is 14.5. The molecule has 1 fully saturated rings. The maximum Gasteiger partial charge on any atom is 0.262 e. The summed E-state index contributed by atoms with van der Waals surface area (Å²) in [7, 11) is 0. The molecule has 0 aliphatic carbocycles. The molecule has 0 amide bonds. The highest BCUT2D eigenvalue weighted by Gasteiger charge is 2.18. The molecule has 0 N–H and O–H groups in total. The third-order valence-corrected chi connectivity index (χ3v) is 4.88. The molecule has 2 heterocycles. The van der Waals surface area contributed by atoms with Gasteiger partial charge in [0, 0.05) is 18.9 Å². The van der Waals surface area contributed by atoms with Crippen molar-refractivity contribution in [3.8, 4) is 0 Å². The van der Waals surface area contributed by atoms with Crippen LogP contribution >= 0.6 is 11.8 Å². The van der Waals surface area contributed by atoms with Gasteiger partial charge in [-0.3, -0.25) is 9.36 Å². The monoisotopic (exact) mass is 308 g/mol. The van der Waals surface area contributed by atoms with Crippen LogP contribution in [0.2, 0.25) is 0 Å². The molecule has 21 heavy (non-hydrogen) atoms. The van der Waals surface area contributed by atoms with Gasteiger partial charge >= 0.3 is 0 Å². The summed E-state index contributed by atoms with van der Waals surface area (Å²) in [6.07, 6.45) is 1.06. The standard InChI is InChI=1S/C15H17FN2O2S/c1-2-18-14(19)12-7-11(16)3-4-13(12)17-15(18)21-9-10-5-6-20-8-10/h3-4,7,10H,2,5-6,8-9H2,1H3/t10-/m0/s1. The number of nitrogens with zero attached hydrogens (tertiary/aromatic N) is 2. The second kappa shape index (κ2) is 6.15. The molecule has 0 radical (unpaired) electrons. The molecule has 112 valence electrons. The SMILES string of the molecule is CCn1c(SC[C@H]2CCOC2)nc2ccc(F)cc2c1=O. The van der Waals surface area contributed by atoms with Crippen LogP contribution in [0.3, 0.4) is 0 Å². The first-order chi connectivity index (χ1) is 10.2. The van der Waals surface area contributed by atoms with Gasteiger partial charge in [0.25, 0.3) is 5.56 Å². The van der Waals surface area contributed by atoms with Crippen LogP contribution in [0.1, 0.15) is 13.3 Å². The minimum absolute atomic E-state index is 0.174. The van der Waals surface area contributed by atoms with Gasteiger partial charge in [-0.05, 0) is 37.5 Å². The van der Waals surface area contributed by atoms with E-state index >= 15 is 0 Å². The van der Waals surface area contributed by atoms with Crippen molar-refractivity contribution in [2.75, 3.05) is 19.0 Å². The Kier molecular flexibility index (Phi) is 4.26. The third-order valence-electron chi connectivity index (χ3n) is 3.67.